The lowest BCUT2D eigenvalue weighted by Gasteiger charge is -2.19. The van der Waals surface area contributed by atoms with Crippen LogP contribution in [0.3, 0.4) is 0 Å². The summed E-state index contributed by atoms with van der Waals surface area (Å²) in [6, 6.07) is 5.71. The molecule has 0 saturated carbocycles. The Hall–Kier alpha value is -4.12. The minimum atomic E-state index is -0.658. The summed E-state index contributed by atoms with van der Waals surface area (Å²) < 4.78 is 5.65. The molecule has 0 aliphatic carbocycles. The summed E-state index contributed by atoms with van der Waals surface area (Å²) in [5.74, 6) is 8.51. The van der Waals surface area contributed by atoms with Crippen molar-refractivity contribution in [1.29, 1.82) is 0 Å². The molecule has 10 N–H and O–H groups in total. The molecule has 11 heteroatoms. The lowest BCUT2D eigenvalue weighted by molar-refractivity contribution is 0.404. The third kappa shape index (κ3) is 2.87. The van der Waals surface area contributed by atoms with E-state index in [0.29, 0.717) is 5.01 Å². The Morgan fingerprint density at radius 3 is 2.33 bits per heavy atom. The zero-order chi connectivity index (χ0) is 19.9. The van der Waals surface area contributed by atoms with E-state index in [2.05, 4.69) is 5.10 Å². The molecule has 0 saturated heterocycles. The standard InChI is InChI=1S/C16H15N5O6/c17-16(20-18)21(19)14-11(26)4-9(24)13-10(25)5-12(27-15(13)14)6-1-2-7(22)8(23)3-6/h1-5,22-24,26H,18-19H2,(H2,17,20). The number of hydrogen-bond donors (Lipinski definition) is 7. The number of hydrazine groups is 1. The number of benzene rings is 2. The highest BCUT2D eigenvalue weighted by Gasteiger charge is 2.23. The number of fused-ring (bicyclic) bond motifs is 1. The fourth-order valence-electron chi connectivity index (χ4n) is 2.52. The van der Waals surface area contributed by atoms with E-state index < -0.39 is 28.6 Å². The summed E-state index contributed by atoms with van der Waals surface area (Å²) >= 11 is 0. The Bertz CT molecular complexity index is 1140. The summed E-state index contributed by atoms with van der Waals surface area (Å²) in [5, 5.41) is 42.9. The van der Waals surface area contributed by atoms with Crippen molar-refractivity contribution in [2.75, 3.05) is 5.01 Å². The van der Waals surface area contributed by atoms with Crippen molar-refractivity contribution in [2.45, 2.75) is 0 Å². The van der Waals surface area contributed by atoms with Crippen LogP contribution in [0.25, 0.3) is 22.3 Å². The second kappa shape index (κ2) is 6.31. The summed E-state index contributed by atoms with van der Waals surface area (Å²) in [5.41, 5.74) is 4.56. The predicted octanol–water partition coefficient (Wildman–Crippen LogP) is 0.151. The summed E-state index contributed by atoms with van der Waals surface area (Å²) in [4.78, 5) is 12.5. The van der Waals surface area contributed by atoms with E-state index in [0.717, 1.165) is 18.2 Å². The molecule has 2 aromatic carbocycles. The van der Waals surface area contributed by atoms with E-state index in [9.17, 15) is 25.2 Å². The fourth-order valence-corrected chi connectivity index (χ4v) is 2.52. The van der Waals surface area contributed by atoms with E-state index in [4.69, 9.17) is 21.8 Å². The smallest absolute Gasteiger partial charge is 0.232 e. The molecule has 0 unspecified atom stereocenters. The van der Waals surface area contributed by atoms with Gasteiger partial charge in [0.1, 0.15) is 28.3 Å². The van der Waals surface area contributed by atoms with Crippen LogP contribution in [0.4, 0.5) is 5.69 Å². The first-order chi connectivity index (χ1) is 12.7. The van der Waals surface area contributed by atoms with Gasteiger partial charge < -0.3 is 36.4 Å². The second-order valence-electron chi connectivity index (χ2n) is 5.50. The molecule has 3 aromatic rings. The molecule has 0 spiro atoms. The quantitative estimate of drug-likeness (QED) is 0.106. The van der Waals surface area contributed by atoms with Gasteiger partial charge in [-0.25, -0.2) is 10.9 Å². The Morgan fingerprint density at radius 2 is 1.70 bits per heavy atom. The van der Waals surface area contributed by atoms with Crippen LogP contribution >= 0.6 is 0 Å². The Balaban J connectivity index is 2.38. The summed E-state index contributed by atoms with van der Waals surface area (Å²) in [6.07, 6.45) is 0. The molecule has 0 atom stereocenters. The van der Waals surface area contributed by atoms with Crippen molar-refractivity contribution in [2.24, 2.45) is 22.5 Å². The first kappa shape index (κ1) is 17.7. The van der Waals surface area contributed by atoms with Crippen molar-refractivity contribution >= 4 is 22.6 Å². The molecule has 0 fully saturated rings. The number of hydrazone groups is 1. The first-order valence-corrected chi connectivity index (χ1v) is 7.38. The number of phenolic OH excluding ortho intramolecular Hbond substituents is 4. The van der Waals surface area contributed by atoms with Crippen LogP contribution in [0, 0.1) is 0 Å². The topological polar surface area (TPSA) is 205 Å². The lowest BCUT2D eigenvalue weighted by atomic mass is 10.1. The molecule has 27 heavy (non-hydrogen) atoms. The molecule has 0 aliphatic heterocycles. The molecule has 0 aliphatic rings. The van der Waals surface area contributed by atoms with Gasteiger partial charge in [-0.1, -0.05) is 0 Å². The van der Waals surface area contributed by atoms with Crippen LogP contribution in [0.1, 0.15) is 0 Å². The highest BCUT2D eigenvalue weighted by Crippen LogP contribution is 2.40. The fraction of sp³-hybridized carbons (Fsp3) is 0. The molecule has 11 nitrogen and oxygen atoms in total. The van der Waals surface area contributed by atoms with Gasteiger partial charge in [0.25, 0.3) is 0 Å². The SMILES string of the molecule is NN=C(N)N(N)c1c(O)cc(O)c2c(=O)cc(-c3ccc(O)c(O)c3)oc12. The number of phenols is 4. The maximum absolute atomic E-state index is 12.5. The largest absolute Gasteiger partial charge is 0.507 e. The minimum Gasteiger partial charge on any atom is -0.507 e. The first-order valence-electron chi connectivity index (χ1n) is 7.38. The Morgan fingerprint density at radius 1 is 1.00 bits per heavy atom. The lowest BCUT2D eigenvalue weighted by Crippen LogP contribution is -2.43. The van der Waals surface area contributed by atoms with Crippen LogP contribution in [0.2, 0.25) is 0 Å². The summed E-state index contributed by atoms with van der Waals surface area (Å²) in [7, 11) is 0. The van der Waals surface area contributed by atoms with Gasteiger partial charge in [-0.2, -0.15) is 0 Å². The minimum absolute atomic E-state index is 0.0364. The van der Waals surface area contributed by atoms with Crippen molar-refractivity contribution < 1.29 is 24.8 Å². The van der Waals surface area contributed by atoms with Gasteiger partial charge in [-0.15, -0.1) is 5.10 Å². The molecular formula is C16H15N5O6. The van der Waals surface area contributed by atoms with E-state index in [1.165, 1.54) is 12.1 Å². The van der Waals surface area contributed by atoms with Gasteiger partial charge in [0.2, 0.25) is 5.96 Å². The monoisotopic (exact) mass is 373 g/mol. The molecular weight excluding hydrogens is 358 g/mol. The number of guanidine groups is 1. The van der Waals surface area contributed by atoms with Gasteiger partial charge in [-0.05, 0) is 18.2 Å². The van der Waals surface area contributed by atoms with Crippen molar-refractivity contribution in [3.63, 3.8) is 0 Å². The van der Waals surface area contributed by atoms with Crippen molar-refractivity contribution in [1.82, 2.24) is 0 Å². The zero-order valence-corrected chi connectivity index (χ0v) is 13.6. The zero-order valence-electron chi connectivity index (χ0n) is 13.6. The van der Waals surface area contributed by atoms with Gasteiger partial charge in [-0.3, -0.25) is 4.79 Å². The van der Waals surface area contributed by atoms with Crippen molar-refractivity contribution in [3.8, 4) is 34.3 Å². The van der Waals surface area contributed by atoms with Gasteiger partial charge in [0.15, 0.2) is 22.5 Å². The third-order valence-corrected chi connectivity index (χ3v) is 3.81. The maximum atomic E-state index is 12.5. The van der Waals surface area contributed by atoms with E-state index in [-0.39, 0.29) is 33.7 Å². The van der Waals surface area contributed by atoms with Gasteiger partial charge in [0.05, 0.1) is 0 Å². The number of aromatic hydroxyl groups is 4. The molecule has 0 radical (unpaired) electrons. The average molecular weight is 373 g/mol. The van der Waals surface area contributed by atoms with E-state index in [1.807, 2.05) is 0 Å². The Kier molecular flexibility index (Phi) is 4.14. The highest BCUT2D eigenvalue weighted by molar-refractivity contribution is 6.05. The Labute approximate surface area is 150 Å². The van der Waals surface area contributed by atoms with Crippen molar-refractivity contribution in [3.05, 3.63) is 40.6 Å². The van der Waals surface area contributed by atoms with Crippen LogP contribution in [-0.2, 0) is 0 Å². The van der Waals surface area contributed by atoms with Crippen LogP contribution < -0.4 is 27.9 Å². The van der Waals surface area contributed by atoms with E-state index in [1.54, 1.807) is 0 Å². The highest BCUT2D eigenvalue weighted by atomic mass is 16.3. The molecule has 140 valence electrons. The average Bonchev–Trinajstić information content (AvgIpc) is 2.62. The van der Waals surface area contributed by atoms with Gasteiger partial charge in [0, 0.05) is 17.7 Å². The van der Waals surface area contributed by atoms with Crippen LogP contribution in [0.5, 0.6) is 23.0 Å². The molecule has 3 rings (SSSR count). The molecule has 0 amide bonds. The number of nitrogens with two attached hydrogens (primary N) is 3. The van der Waals surface area contributed by atoms with E-state index >= 15 is 0 Å². The molecule has 1 heterocycles. The van der Waals surface area contributed by atoms with Crippen LogP contribution in [0.15, 0.2) is 44.6 Å². The number of rotatable bonds is 2. The van der Waals surface area contributed by atoms with Crippen LogP contribution in [-0.4, -0.2) is 26.4 Å². The molecule has 1 aromatic heterocycles. The third-order valence-electron chi connectivity index (χ3n) is 3.81. The summed E-state index contributed by atoms with van der Waals surface area (Å²) in [6.45, 7) is 0. The second-order valence-corrected chi connectivity index (χ2v) is 5.50. The predicted molar refractivity (Wildman–Crippen MR) is 97.1 cm³/mol. The number of hydrogen-bond acceptors (Lipinski definition) is 9. The molecule has 0 bridgehead atoms. The number of anilines is 1. The normalized spacial score (nSPS) is 11.7. The maximum Gasteiger partial charge on any atom is 0.232 e. The number of nitrogens with zero attached hydrogens (tertiary/aromatic N) is 2. The van der Waals surface area contributed by atoms with Gasteiger partial charge >= 0.3 is 0 Å².